The van der Waals surface area contributed by atoms with E-state index in [1.807, 2.05) is 0 Å². The van der Waals surface area contributed by atoms with Gasteiger partial charge >= 0.3 is 0 Å². The van der Waals surface area contributed by atoms with Gasteiger partial charge in [-0.15, -0.1) is 0 Å². The molecule has 0 unspecified atom stereocenters. The van der Waals surface area contributed by atoms with Crippen LogP contribution in [0.3, 0.4) is 0 Å². The molecule has 2 aliphatic carbocycles. The summed E-state index contributed by atoms with van der Waals surface area (Å²) in [7, 11) is 0. The topological polar surface area (TPSA) is 20.2 Å². The summed E-state index contributed by atoms with van der Waals surface area (Å²) in [4.78, 5) is 0. The van der Waals surface area contributed by atoms with E-state index in [-0.39, 0.29) is 11.5 Å². The van der Waals surface area contributed by atoms with Gasteiger partial charge in [0.25, 0.3) is 0 Å². The predicted molar refractivity (Wildman–Crippen MR) is 49.7 cm³/mol. The van der Waals surface area contributed by atoms with E-state index in [2.05, 4.69) is 39.8 Å². The number of hydrogen-bond donors (Lipinski definition) is 1. The van der Waals surface area contributed by atoms with Crippen LogP contribution in [0, 0.1) is 22.7 Å². The molecular weight excluding hydrogens is 148 g/mol. The summed E-state index contributed by atoms with van der Waals surface area (Å²) in [6.45, 7) is 8.71. The second-order valence-electron chi connectivity index (χ2n) is 5.50. The molecule has 2 rings (SSSR count). The lowest BCUT2D eigenvalue weighted by molar-refractivity contribution is 0.0455. The molecule has 0 aromatic heterocycles. The van der Waals surface area contributed by atoms with Crippen LogP contribution in [0.4, 0.5) is 0 Å². The monoisotopic (exact) mass is 166 g/mol. The molecular formula is C11H18O. The summed E-state index contributed by atoms with van der Waals surface area (Å²) in [5, 5.41) is 10.0. The number of rotatable bonds is 0. The minimum Gasteiger partial charge on any atom is -0.392 e. The first-order valence-corrected chi connectivity index (χ1v) is 4.75. The first-order chi connectivity index (χ1) is 5.37. The van der Waals surface area contributed by atoms with Gasteiger partial charge in [0.15, 0.2) is 0 Å². The van der Waals surface area contributed by atoms with Crippen LogP contribution in [0.25, 0.3) is 0 Å². The van der Waals surface area contributed by atoms with Crippen molar-refractivity contribution in [2.75, 3.05) is 0 Å². The van der Waals surface area contributed by atoms with E-state index in [9.17, 15) is 5.11 Å². The highest BCUT2D eigenvalue weighted by molar-refractivity contribution is 5.25. The molecule has 0 saturated heterocycles. The van der Waals surface area contributed by atoms with Gasteiger partial charge in [-0.2, -0.15) is 0 Å². The van der Waals surface area contributed by atoms with Gasteiger partial charge in [-0.05, 0) is 17.3 Å². The summed E-state index contributed by atoms with van der Waals surface area (Å²) in [6, 6.07) is 0. The Kier molecular flexibility index (Phi) is 1.35. The summed E-state index contributed by atoms with van der Waals surface area (Å²) in [5.74, 6) is 1.12. The fourth-order valence-corrected chi connectivity index (χ4v) is 2.60. The molecule has 0 aromatic carbocycles. The Morgan fingerprint density at radius 3 is 2.25 bits per heavy atom. The van der Waals surface area contributed by atoms with E-state index in [0.29, 0.717) is 17.3 Å². The van der Waals surface area contributed by atoms with Gasteiger partial charge in [0.05, 0.1) is 6.10 Å². The van der Waals surface area contributed by atoms with Gasteiger partial charge in [-0.3, -0.25) is 0 Å². The number of aliphatic hydroxyl groups excluding tert-OH is 1. The van der Waals surface area contributed by atoms with Crippen LogP contribution in [0.15, 0.2) is 12.2 Å². The van der Waals surface area contributed by atoms with E-state index in [1.54, 1.807) is 0 Å². The molecule has 0 aliphatic heterocycles. The molecule has 68 valence electrons. The van der Waals surface area contributed by atoms with Crippen LogP contribution in [-0.4, -0.2) is 11.2 Å². The van der Waals surface area contributed by atoms with Crippen molar-refractivity contribution in [1.82, 2.24) is 0 Å². The van der Waals surface area contributed by atoms with E-state index in [4.69, 9.17) is 0 Å². The van der Waals surface area contributed by atoms with Crippen LogP contribution in [0.2, 0.25) is 0 Å². The fourth-order valence-electron chi connectivity index (χ4n) is 2.60. The van der Waals surface area contributed by atoms with Crippen molar-refractivity contribution in [3.63, 3.8) is 0 Å². The maximum absolute atomic E-state index is 10.0. The van der Waals surface area contributed by atoms with Crippen LogP contribution >= 0.6 is 0 Å². The van der Waals surface area contributed by atoms with Crippen molar-refractivity contribution in [2.45, 2.75) is 33.8 Å². The van der Waals surface area contributed by atoms with E-state index >= 15 is 0 Å². The molecule has 0 bridgehead atoms. The molecule has 0 spiro atoms. The summed E-state index contributed by atoms with van der Waals surface area (Å²) < 4.78 is 0. The van der Waals surface area contributed by atoms with E-state index < -0.39 is 0 Å². The van der Waals surface area contributed by atoms with Gasteiger partial charge in [0.1, 0.15) is 0 Å². The molecule has 0 radical (unpaired) electrons. The van der Waals surface area contributed by atoms with Crippen LogP contribution in [0.5, 0.6) is 0 Å². The van der Waals surface area contributed by atoms with E-state index in [0.717, 1.165) is 0 Å². The van der Waals surface area contributed by atoms with Gasteiger partial charge in [0, 0.05) is 5.41 Å². The average Bonchev–Trinajstić information content (AvgIpc) is 2.46. The largest absolute Gasteiger partial charge is 0.392 e. The summed E-state index contributed by atoms with van der Waals surface area (Å²) in [5.41, 5.74) is 0.318. The highest BCUT2D eigenvalue weighted by Gasteiger charge is 2.63. The van der Waals surface area contributed by atoms with Crippen molar-refractivity contribution < 1.29 is 5.11 Å². The standard InChI is InChI=1S/C11H18O/c1-10(2)6-5-7-8(9(10)12)11(7,3)4/h5-9,12H,1-4H3/t7-,8-,9+/m1/s1. The SMILES string of the molecule is CC1(C)C=C[C@@H]2[C@H]([C@@H]1O)C2(C)C. The molecule has 0 aromatic rings. The lowest BCUT2D eigenvalue weighted by Crippen LogP contribution is -2.32. The van der Waals surface area contributed by atoms with Gasteiger partial charge < -0.3 is 5.11 Å². The lowest BCUT2D eigenvalue weighted by Gasteiger charge is -2.30. The fraction of sp³-hybridized carbons (Fsp3) is 0.818. The van der Waals surface area contributed by atoms with Gasteiger partial charge in [-0.25, -0.2) is 0 Å². The molecule has 0 heterocycles. The third-order valence-corrected chi connectivity index (χ3v) is 3.83. The molecule has 1 heteroatoms. The molecule has 1 saturated carbocycles. The highest BCUT2D eigenvalue weighted by atomic mass is 16.3. The Morgan fingerprint density at radius 2 is 1.75 bits per heavy atom. The first-order valence-electron chi connectivity index (χ1n) is 4.75. The normalized spacial score (nSPS) is 46.9. The third kappa shape index (κ3) is 0.832. The Hall–Kier alpha value is -0.300. The van der Waals surface area contributed by atoms with E-state index in [1.165, 1.54) is 0 Å². The molecule has 1 nitrogen and oxygen atoms in total. The number of allylic oxidation sites excluding steroid dienone is 1. The molecule has 2 aliphatic rings. The smallest absolute Gasteiger partial charge is 0.0664 e. The summed E-state index contributed by atoms with van der Waals surface area (Å²) in [6.07, 6.45) is 4.31. The number of fused-ring (bicyclic) bond motifs is 1. The zero-order valence-corrected chi connectivity index (χ0v) is 8.33. The molecule has 1 fully saturated rings. The molecule has 3 atom stereocenters. The van der Waals surface area contributed by atoms with Crippen molar-refractivity contribution in [3.8, 4) is 0 Å². The number of hydrogen-bond acceptors (Lipinski definition) is 1. The second-order valence-corrected chi connectivity index (χ2v) is 5.50. The van der Waals surface area contributed by atoms with Crippen molar-refractivity contribution in [2.24, 2.45) is 22.7 Å². The van der Waals surface area contributed by atoms with Crippen molar-refractivity contribution in [1.29, 1.82) is 0 Å². The highest BCUT2D eigenvalue weighted by Crippen LogP contribution is 2.65. The zero-order valence-electron chi connectivity index (χ0n) is 8.33. The lowest BCUT2D eigenvalue weighted by atomic mass is 9.79. The van der Waals surface area contributed by atoms with Crippen LogP contribution in [0.1, 0.15) is 27.7 Å². The van der Waals surface area contributed by atoms with Gasteiger partial charge in [-0.1, -0.05) is 39.8 Å². The molecule has 1 N–H and O–H groups in total. The maximum atomic E-state index is 10.0. The zero-order chi connectivity index (χ0) is 9.15. The quantitative estimate of drug-likeness (QED) is 0.547. The Balaban J connectivity index is 2.29. The Bertz CT molecular complexity index is 237. The Morgan fingerprint density at radius 1 is 1.17 bits per heavy atom. The minimum absolute atomic E-state index is 0.0189. The van der Waals surface area contributed by atoms with Gasteiger partial charge in [0.2, 0.25) is 0 Å². The predicted octanol–water partition coefficient (Wildman–Crippen LogP) is 2.22. The summed E-state index contributed by atoms with van der Waals surface area (Å²) >= 11 is 0. The Labute approximate surface area is 74.5 Å². The molecule has 12 heavy (non-hydrogen) atoms. The average molecular weight is 166 g/mol. The van der Waals surface area contributed by atoms with Crippen molar-refractivity contribution >= 4 is 0 Å². The number of aliphatic hydroxyl groups is 1. The van der Waals surface area contributed by atoms with Crippen LogP contribution < -0.4 is 0 Å². The van der Waals surface area contributed by atoms with Crippen LogP contribution in [-0.2, 0) is 0 Å². The van der Waals surface area contributed by atoms with Crippen molar-refractivity contribution in [3.05, 3.63) is 12.2 Å². The molecule has 0 amide bonds. The third-order valence-electron chi connectivity index (χ3n) is 3.83. The maximum Gasteiger partial charge on any atom is 0.0664 e. The second kappa shape index (κ2) is 1.95. The first kappa shape index (κ1) is 8.31. The minimum atomic E-state index is -0.150.